The molecule has 5 nitrogen and oxygen atoms in total. The van der Waals surface area contributed by atoms with E-state index in [0.717, 1.165) is 11.3 Å². The van der Waals surface area contributed by atoms with Crippen molar-refractivity contribution in [3.05, 3.63) is 29.8 Å². The summed E-state index contributed by atoms with van der Waals surface area (Å²) in [4.78, 5) is 27.7. The van der Waals surface area contributed by atoms with E-state index in [2.05, 4.69) is 0 Å². The van der Waals surface area contributed by atoms with Crippen LogP contribution in [0, 0.1) is 6.92 Å². The van der Waals surface area contributed by atoms with Gasteiger partial charge in [-0.1, -0.05) is 12.1 Å². The highest BCUT2D eigenvalue weighted by atomic mass is 16.5. The maximum Gasteiger partial charge on any atom is 0.249 e. The Bertz CT molecular complexity index is 530. The zero-order valence-corrected chi connectivity index (χ0v) is 12.8. The van der Waals surface area contributed by atoms with Gasteiger partial charge >= 0.3 is 0 Å². The first-order valence-electron chi connectivity index (χ1n) is 7.27. The first kappa shape index (κ1) is 15.5. The van der Waals surface area contributed by atoms with Crippen LogP contribution in [0.25, 0.3) is 0 Å². The molecule has 0 unspecified atom stereocenters. The second-order valence-corrected chi connectivity index (χ2v) is 5.35. The van der Waals surface area contributed by atoms with Crippen LogP contribution in [0.15, 0.2) is 24.3 Å². The monoisotopic (exact) mass is 290 g/mol. The van der Waals surface area contributed by atoms with E-state index in [1.54, 1.807) is 9.80 Å². The van der Waals surface area contributed by atoms with Crippen LogP contribution in [0.5, 0.6) is 0 Å². The van der Waals surface area contributed by atoms with Crippen molar-refractivity contribution in [2.45, 2.75) is 26.8 Å². The lowest BCUT2D eigenvalue weighted by molar-refractivity contribution is -0.143. The average Bonchev–Trinajstić information content (AvgIpc) is 2.46. The van der Waals surface area contributed by atoms with E-state index >= 15 is 0 Å². The van der Waals surface area contributed by atoms with E-state index < -0.39 is 0 Å². The van der Waals surface area contributed by atoms with E-state index in [1.165, 1.54) is 0 Å². The molecular formula is C16H22N2O3. The van der Waals surface area contributed by atoms with Crippen LogP contribution < -0.4 is 4.90 Å². The van der Waals surface area contributed by atoms with Gasteiger partial charge < -0.3 is 14.5 Å². The average molecular weight is 290 g/mol. The van der Waals surface area contributed by atoms with Gasteiger partial charge in [0.15, 0.2) is 0 Å². The fourth-order valence-corrected chi connectivity index (χ4v) is 2.50. The Kier molecular flexibility index (Phi) is 4.96. The number of ether oxygens (including phenoxy) is 1. The fourth-order valence-electron chi connectivity index (χ4n) is 2.50. The quantitative estimate of drug-likeness (QED) is 0.846. The second-order valence-electron chi connectivity index (χ2n) is 5.35. The molecule has 1 aromatic rings. The predicted molar refractivity (Wildman–Crippen MR) is 81.2 cm³/mol. The first-order chi connectivity index (χ1) is 10.0. The maximum atomic E-state index is 12.3. The van der Waals surface area contributed by atoms with Crippen molar-refractivity contribution in [2.75, 3.05) is 31.2 Å². The molecule has 0 saturated carbocycles. The minimum atomic E-state index is -0.124. The summed E-state index contributed by atoms with van der Waals surface area (Å²) >= 11 is 0. The molecule has 1 heterocycles. The molecule has 21 heavy (non-hydrogen) atoms. The molecule has 114 valence electrons. The Labute approximate surface area is 125 Å². The first-order valence-corrected chi connectivity index (χ1v) is 7.27. The molecule has 1 aliphatic heterocycles. The van der Waals surface area contributed by atoms with Gasteiger partial charge in [-0.15, -0.1) is 0 Å². The molecule has 2 rings (SSSR count). The molecule has 1 aromatic carbocycles. The molecule has 1 atom stereocenters. The minimum Gasteiger partial charge on any atom is -0.372 e. The van der Waals surface area contributed by atoms with Crippen LogP contribution >= 0.6 is 0 Å². The van der Waals surface area contributed by atoms with Gasteiger partial charge in [-0.05, 0) is 38.5 Å². The molecule has 1 aliphatic rings. The summed E-state index contributed by atoms with van der Waals surface area (Å²) < 4.78 is 5.14. The Hall–Kier alpha value is -1.88. The van der Waals surface area contributed by atoms with Gasteiger partial charge in [-0.3, -0.25) is 9.59 Å². The van der Waals surface area contributed by atoms with Crippen molar-refractivity contribution < 1.29 is 14.3 Å². The summed E-state index contributed by atoms with van der Waals surface area (Å²) in [6.07, 6.45) is 0. The molecule has 5 heteroatoms. The third-order valence-electron chi connectivity index (χ3n) is 3.65. The van der Waals surface area contributed by atoms with E-state index in [0.29, 0.717) is 13.2 Å². The molecule has 0 aliphatic carbocycles. The van der Waals surface area contributed by atoms with Gasteiger partial charge in [0.25, 0.3) is 0 Å². The van der Waals surface area contributed by atoms with Crippen LogP contribution in [0.3, 0.4) is 0 Å². The Morgan fingerprint density at radius 3 is 2.86 bits per heavy atom. The van der Waals surface area contributed by atoms with Crippen LogP contribution in [-0.4, -0.2) is 49.1 Å². The summed E-state index contributed by atoms with van der Waals surface area (Å²) in [5.74, 6) is -0.176. The molecule has 1 fully saturated rings. The van der Waals surface area contributed by atoms with Gasteiger partial charge in [0.1, 0.15) is 13.2 Å². The molecule has 2 amide bonds. The summed E-state index contributed by atoms with van der Waals surface area (Å²) in [5.41, 5.74) is 2.01. The van der Waals surface area contributed by atoms with E-state index in [1.807, 2.05) is 45.0 Å². The Balaban J connectivity index is 2.08. The van der Waals surface area contributed by atoms with Crippen molar-refractivity contribution in [3.63, 3.8) is 0 Å². The Morgan fingerprint density at radius 2 is 2.19 bits per heavy atom. The highest BCUT2D eigenvalue weighted by Gasteiger charge is 2.33. The molecule has 0 radical (unpaired) electrons. The predicted octanol–water partition coefficient (Wildman–Crippen LogP) is 1.60. The van der Waals surface area contributed by atoms with Crippen molar-refractivity contribution in [1.29, 1.82) is 0 Å². The number of hydrogen-bond donors (Lipinski definition) is 0. The summed E-state index contributed by atoms with van der Waals surface area (Å²) in [6.45, 7) is 6.97. The van der Waals surface area contributed by atoms with E-state index in [4.69, 9.17) is 4.74 Å². The molecule has 0 aromatic heterocycles. The topological polar surface area (TPSA) is 49.9 Å². The lowest BCUT2D eigenvalue weighted by Gasteiger charge is -2.39. The SMILES string of the molecule is CCOCC(=O)N1CC(=O)N(c2cccc(C)c2)C[C@@H]1C. The number of nitrogens with zero attached hydrogens (tertiary/aromatic N) is 2. The smallest absolute Gasteiger partial charge is 0.249 e. The normalized spacial score (nSPS) is 19.0. The number of rotatable bonds is 4. The number of aryl methyl sites for hydroxylation is 1. The van der Waals surface area contributed by atoms with Crippen LogP contribution in [0.1, 0.15) is 19.4 Å². The molecule has 0 bridgehead atoms. The number of carbonyl (C=O) groups is 2. The van der Waals surface area contributed by atoms with Crippen molar-refractivity contribution >= 4 is 17.5 Å². The van der Waals surface area contributed by atoms with Gasteiger partial charge in [-0.25, -0.2) is 0 Å². The number of hydrogen-bond acceptors (Lipinski definition) is 3. The number of amides is 2. The van der Waals surface area contributed by atoms with Crippen molar-refractivity contribution in [1.82, 2.24) is 4.90 Å². The molecular weight excluding hydrogens is 268 g/mol. The molecule has 0 spiro atoms. The van der Waals surface area contributed by atoms with Gasteiger partial charge in [0, 0.05) is 24.9 Å². The summed E-state index contributed by atoms with van der Waals surface area (Å²) in [6, 6.07) is 7.84. The number of piperazine rings is 1. The maximum absolute atomic E-state index is 12.3. The second kappa shape index (κ2) is 6.72. The van der Waals surface area contributed by atoms with Crippen LogP contribution in [-0.2, 0) is 14.3 Å². The van der Waals surface area contributed by atoms with Crippen molar-refractivity contribution in [2.24, 2.45) is 0 Å². The van der Waals surface area contributed by atoms with Crippen molar-refractivity contribution in [3.8, 4) is 0 Å². The highest BCUT2D eigenvalue weighted by molar-refractivity contribution is 5.98. The number of anilines is 1. The van der Waals surface area contributed by atoms with Crippen LogP contribution in [0.4, 0.5) is 5.69 Å². The third-order valence-corrected chi connectivity index (χ3v) is 3.65. The van der Waals surface area contributed by atoms with E-state index in [-0.39, 0.29) is 31.0 Å². The number of carbonyl (C=O) groups excluding carboxylic acids is 2. The molecule has 0 N–H and O–H groups in total. The van der Waals surface area contributed by atoms with E-state index in [9.17, 15) is 9.59 Å². The standard InChI is InChI=1S/C16H22N2O3/c1-4-21-11-16(20)17-10-15(19)18(9-13(17)3)14-7-5-6-12(2)8-14/h5-8,13H,4,9-11H2,1-3H3/t13-/m0/s1. The lowest BCUT2D eigenvalue weighted by atomic mass is 10.1. The lowest BCUT2D eigenvalue weighted by Crippen LogP contribution is -2.57. The fraction of sp³-hybridized carbons (Fsp3) is 0.500. The largest absolute Gasteiger partial charge is 0.372 e. The zero-order chi connectivity index (χ0) is 15.4. The van der Waals surface area contributed by atoms with Crippen LogP contribution in [0.2, 0.25) is 0 Å². The minimum absolute atomic E-state index is 0.0174. The van der Waals surface area contributed by atoms with Gasteiger partial charge in [0.2, 0.25) is 11.8 Å². The third kappa shape index (κ3) is 3.61. The number of benzene rings is 1. The van der Waals surface area contributed by atoms with Gasteiger partial charge in [-0.2, -0.15) is 0 Å². The zero-order valence-electron chi connectivity index (χ0n) is 12.8. The summed E-state index contributed by atoms with van der Waals surface area (Å²) in [5, 5.41) is 0. The van der Waals surface area contributed by atoms with Gasteiger partial charge in [0.05, 0.1) is 0 Å². The Morgan fingerprint density at radius 1 is 1.43 bits per heavy atom. The molecule has 1 saturated heterocycles. The summed E-state index contributed by atoms with van der Waals surface area (Å²) in [7, 11) is 0. The highest BCUT2D eigenvalue weighted by Crippen LogP contribution is 2.21.